The van der Waals surface area contributed by atoms with Gasteiger partial charge in [-0.25, -0.2) is 0 Å². The van der Waals surface area contributed by atoms with Gasteiger partial charge in [-0.1, -0.05) is 133 Å². The zero-order chi connectivity index (χ0) is 31.4. The number of anilines is 3. The summed E-state index contributed by atoms with van der Waals surface area (Å²) in [4.78, 5) is 2.22. The van der Waals surface area contributed by atoms with Crippen LogP contribution in [0.25, 0.3) is 0 Å². The molecule has 2 aliphatic heterocycles. The lowest BCUT2D eigenvalue weighted by atomic mass is 10.1. The predicted molar refractivity (Wildman–Crippen MR) is 198 cm³/mol. The topological polar surface area (TPSA) is 29.5 Å². The maximum absolute atomic E-state index is 16.1. The van der Waals surface area contributed by atoms with Crippen LogP contribution in [0.4, 0.5) is 17.1 Å². The van der Waals surface area contributed by atoms with Crippen molar-refractivity contribution in [3.8, 4) is 11.5 Å². The van der Waals surface area contributed by atoms with Crippen molar-refractivity contribution in [2.24, 2.45) is 0 Å². The van der Waals surface area contributed by atoms with Crippen LogP contribution in [-0.4, -0.2) is 8.07 Å². The van der Waals surface area contributed by atoms with Crippen molar-refractivity contribution in [3.05, 3.63) is 182 Å². The summed E-state index contributed by atoms with van der Waals surface area (Å²) in [6.45, 7) is 0. The minimum Gasteiger partial charge on any atom is -0.453 e. The minimum absolute atomic E-state index is 0.807. The van der Waals surface area contributed by atoms with E-state index >= 15 is 4.57 Å². The van der Waals surface area contributed by atoms with Crippen LogP contribution in [0.1, 0.15) is 0 Å². The average molecular weight is 640 g/mol. The van der Waals surface area contributed by atoms with E-state index < -0.39 is 15.2 Å². The Morgan fingerprint density at radius 3 is 1.38 bits per heavy atom. The molecule has 0 aromatic heterocycles. The van der Waals surface area contributed by atoms with E-state index in [0.717, 1.165) is 44.5 Å². The maximum atomic E-state index is 16.1. The van der Waals surface area contributed by atoms with Crippen LogP contribution >= 0.6 is 7.14 Å². The van der Waals surface area contributed by atoms with Crippen molar-refractivity contribution in [2.75, 3.05) is 4.90 Å². The molecule has 0 N–H and O–H groups in total. The first-order valence-electron chi connectivity index (χ1n) is 15.9. The van der Waals surface area contributed by atoms with Gasteiger partial charge in [0.25, 0.3) is 0 Å². The van der Waals surface area contributed by atoms with Crippen molar-refractivity contribution in [2.45, 2.75) is 0 Å². The molecule has 224 valence electrons. The normalized spacial score (nSPS) is 14.9. The van der Waals surface area contributed by atoms with E-state index in [9.17, 15) is 0 Å². The summed E-state index contributed by atoms with van der Waals surface area (Å²) in [7, 11) is -6.08. The summed E-state index contributed by atoms with van der Waals surface area (Å²) < 4.78 is 22.4. The van der Waals surface area contributed by atoms with E-state index in [-0.39, 0.29) is 0 Å². The SMILES string of the molecule is O=P1(c2ccc(N3c4ccccc4Oc4ccccc43)cc2)c2ccccc2[Si](c2ccccc2)(c2ccccc2)c2ccccc21. The van der Waals surface area contributed by atoms with Crippen molar-refractivity contribution < 1.29 is 9.30 Å². The average Bonchev–Trinajstić information content (AvgIpc) is 3.15. The summed E-state index contributed by atoms with van der Waals surface area (Å²) in [5, 5.41) is 7.68. The van der Waals surface area contributed by atoms with E-state index in [2.05, 4.69) is 138 Å². The number of benzene rings is 7. The molecule has 0 aliphatic carbocycles. The molecule has 0 saturated heterocycles. The van der Waals surface area contributed by atoms with Crippen LogP contribution in [0.2, 0.25) is 0 Å². The molecule has 2 aliphatic rings. The molecule has 2 heterocycles. The zero-order valence-electron chi connectivity index (χ0n) is 25.5. The minimum atomic E-state index is -3.27. The summed E-state index contributed by atoms with van der Waals surface area (Å²) in [5.41, 5.74) is 2.93. The number of fused-ring (bicyclic) bond motifs is 4. The number of ether oxygens (including phenoxy) is 1. The van der Waals surface area contributed by atoms with E-state index in [1.807, 2.05) is 48.5 Å². The molecule has 0 amide bonds. The van der Waals surface area contributed by atoms with Crippen molar-refractivity contribution >= 4 is 68.9 Å². The monoisotopic (exact) mass is 639 g/mol. The van der Waals surface area contributed by atoms with Crippen LogP contribution in [0.3, 0.4) is 0 Å². The highest BCUT2D eigenvalue weighted by molar-refractivity contribution is 7.87. The van der Waals surface area contributed by atoms with E-state index in [1.54, 1.807) is 0 Å². The number of hydrogen-bond acceptors (Lipinski definition) is 3. The standard InChI is InChI=1S/C42H30NO2PSi/c44-46(32-29-27-31(28-30-32)43-35-19-7-9-21-37(35)45-38-22-10-8-20-36(38)43)39-23-11-13-25-41(39)47(33-15-3-1-4-16-33,34-17-5-2-6-18-34)42-26-14-12-24-40(42)46/h1-30H. The van der Waals surface area contributed by atoms with Gasteiger partial charge >= 0.3 is 0 Å². The molecule has 7 aromatic rings. The fraction of sp³-hybridized carbons (Fsp3) is 0. The van der Waals surface area contributed by atoms with Gasteiger partial charge in [-0.2, -0.15) is 0 Å². The van der Waals surface area contributed by atoms with Crippen LogP contribution in [-0.2, 0) is 4.57 Å². The molecule has 0 spiro atoms. The first-order chi connectivity index (χ1) is 23.2. The van der Waals surface area contributed by atoms with Gasteiger partial charge in [0.1, 0.15) is 0 Å². The van der Waals surface area contributed by atoms with Gasteiger partial charge in [-0.05, 0) is 69.3 Å². The fourth-order valence-electron chi connectivity index (χ4n) is 7.64. The smallest absolute Gasteiger partial charge is 0.181 e. The van der Waals surface area contributed by atoms with Gasteiger partial charge in [0.15, 0.2) is 26.7 Å². The molecular formula is C42H30NO2PSi. The van der Waals surface area contributed by atoms with E-state index in [4.69, 9.17) is 4.74 Å². The zero-order valence-corrected chi connectivity index (χ0v) is 27.4. The van der Waals surface area contributed by atoms with E-state index in [1.165, 1.54) is 20.7 Å². The quantitative estimate of drug-likeness (QED) is 0.161. The first-order valence-corrected chi connectivity index (χ1v) is 19.6. The maximum Gasteiger partial charge on any atom is 0.181 e. The van der Waals surface area contributed by atoms with Gasteiger partial charge in [0.05, 0.1) is 11.4 Å². The molecule has 3 nitrogen and oxygen atoms in total. The Hall–Kier alpha value is -5.41. The Balaban J connectivity index is 1.27. The molecule has 5 heteroatoms. The number of hydrogen-bond donors (Lipinski definition) is 0. The summed E-state index contributed by atoms with van der Waals surface area (Å²) >= 11 is 0. The second-order valence-corrected chi connectivity index (χ2v) is 18.4. The number of nitrogens with zero attached hydrogens (tertiary/aromatic N) is 1. The number of para-hydroxylation sites is 4. The highest BCUT2D eigenvalue weighted by atomic mass is 31.2. The molecular weight excluding hydrogens is 610 g/mol. The molecule has 0 radical (unpaired) electrons. The molecule has 47 heavy (non-hydrogen) atoms. The van der Waals surface area contributed by atoms with Crippen LogP contribution in [0.15, 0.2) is 182 Å². The second kappa shape index (κ2) is 10.8. The lowest BCUT2D eigenvalue weighted by Gasteiger charge is -2.43. The van der Waals surface area contributed by atoms with Crippen molar-refractivity contribution in [1.29, 1.82) is 0 Å². The molecule has 0 unspecified atom stereocenters. The summed E-state index contributed by atoms with van der Waals surface area (Å²) in [6.07, 6.45) is 0. The molecule has 0 atom stereocenters. The molecule has 0 fully saturated rings. The number of rotatable bonds is 4. The third-order valence-electron chi connectivity index (χ3n) is 9.61. The Morgan fingerprint density at radius 2 is 0.872 bits per heavy atom. The summed E-state index contributed by atoms with van der Waals surface area (Å²) in [6, 6.07) is 63.3. The largest absolute Gasteiger partial charge is 0.453 e. The lowest BCUT2D eigenvalue weighted by Crippen LogP contribution is -2.81. The Kier molecular flexibility index (Phi) is 6.43. The van der Waals surface area contributed by atoms with Gasteiger partial charge in [-0.3, -0.25) is 0 Å². The molecule has 0 saturated carbocycles. The second-order valence-electron chi connectivity index (χ2n) is 12.0. The highest BCUT2D eigenvalue weighted by Gasteiger charge is 2.52. The van der Waals surface area contributed by atoms with Crippen LogP contribution in [0.5, 0.6) is 11.5 Å². The van der Waals surface area contributed by atoms with Gasteiger partial charge < -0.3 is 14.2 Å². The Morgan fingerprint density at radius 1 is 0.447 bits per heavy atom. The third kappa shape index (κ3) is 4.02. The van der Waals surface area contributed by atoms with Gasteiger partial charge in [-0.15, -0.1) is 0 Å². The highest BCUT2D eigenvalue weighted by Crippen LogP contribution is 2.50. The van der Waals surface area contributed by atoms with Crippen molar-refractivity contribution in [1.82, 2.24) is 0 Å². The Bertz CT molecular complexity index is 2180. The Labute approximate surface area is 275 Å². The molecule has 9 rings (SSSR count). The third-order valence-corrected chi connectivity index (χ3v) is 18.1. The predicted octanol–water partition coefficient (Wildman–Crippen LogP) is 6.59. The lowest BCUT2D eigenvalue weighted by molar-refractivity contribution is 0.477. The fourth-order valence-corrected chi connectivity index (χ4v) is 17.3. The van der Waals surface area contributed by atoms with Gasteiger partial charge in [0, 0.05) is 21.6 Å². The molecule has 0 bridgehead atoms. The van der Waals surface area contributed by atoms with Crippen LogP contribution in [0, 0.1) is 0 Å². The first kappa shape index (κ1) is 27.9. The van der Waals surface area contributed by atoms with Crippen molar-refractivity contribution in [3.63, 3.8) is 0 Å². The molecule has 7 aromatic carbocycles. The summed E-state index contributed by atoms with van der Waals surface area (Å²) in [5.74, 6) is 1.61. The van der Waals surface area contributed by atoms with Crippen LogP contribution < -0.4 is 46.3 Å². The van der Waals surface area contributed by atoms with Gasteiger partial charge in [0.2, 0.25) is 0 Å². The van der Waals surface area contributed by atoms with E-state index in [0.29, 0.717) is 0 Å².